The van der Waals surface area contributed by atoms with E-state index >= 15 is 0 Å². The van der Waals surface area contributed by atoms with Crippen molar-refractivity contribution in [3.63, 3.8) is 0 Å². The van der Waals surface area contributed by atoms with E-state index in [-0.39, 0.29) is 37.9 Å². The van der Waals surface area contributed by atoms with Crippen molar-refractivity contribution in [2.75, 3.05) is 26.2 Å². The SMILES string of the molecule is Cl.Cl.Oc1cc(F)cc(F)c1[C@H](N1CCNCC1)C(F)(F)F. The highest BCUT2D eigenvalue weighted by Gasteiger charge is 2.47. The largest absolute Gasteiger partial charge is 0.507 e. The van der Waals surface area contributed by atoms with Gasteiger partial charge in [-0.15, -0.1) is 24.8 Å². The van der Waals surface area contributed by atoms with Gasteiger partial charge in [0.25, 0.3) is 0 Å². The molecule has 0 spiro atoms. The fraction of sp³-hybridized carbons (Fsp3) is 0.500. The first kappa shape index (κ1) is 21.2. The molecule has 10 heteroatoms. The zero-order chi connectivity index (χ0) is 14.9. The molecule has 2 N–H and O–H groups in total. The molecule has 1 aliphatic heterocycles. The Kier molecular flexibility index (Phi) is 7.84. The summed E-state index contributed by atoms with van der Waals surface area (Å²) in [6.45, 7) is 0.771. The maximum atomic E-state index is 13.7. The van der Waals surface area contributed by atoms with Gasteiger partial charge in [-0.25, -0.2) is 8.78 Å². The van der Waals surface area contributed by atoms with Gasteiger partial charge in [-0.2, -0.15) is 13.2 Å². The van der Waals surface area contributed by atoms with Crippen molar-refractivity contribution in [2.45, 2.75) is 12.2 Å². The van der Waals surface area contributed by atoms with E-state index in [0.29, 0.717) is 25.2 Å². The molecule has 3 nitrogen and oxygen atoms in total. The van der Waals surface area contributed by atoms with E-state index in [1.165, 1.54) is 0 Å². The normalized spacial score (nSPS) is 17.3. The second-order valence-electron chi connectivity index (χ2n) is 4.55. The van der Waals surface area contributed by atoms with E-state index in [4.69, 9.17) is 0 Å². The molecule has 2 rings (SSSR count). The van der Waals surface area contributed by atoms with Gasteiger partial charge in [-0.3, -0.25) is 4.90 Å². The molecule has 1 aliphatic rings. The summed E-state index contributed by atoms with van der Waals surface area (Å²) in [7, 11) is 0. The fourth-order valence-electron chi connectivity index (χ4n) is 2.34. The van der Waals surface area contributed by atoms with Gasteiger partial charge in [0.2, 0.25) is 0 Å². The molecule has 1 fully saturated rings. The number of hydrogen-bond donors (Lipinski definition) is 2. The number of piperazine rings is 1. The van der Waals surface area contributed by atoms with Crippen LogP contribution in [0.1, 0.15) is 11.6 Å². The molecule has 1 aromatic carbocycles. The van der Waals surface area contributed by atoms with Crippen LogP contribution in [-0.2, 0) is 0 Å². The van der Waals surface area contributed by atoms with Gasteiger partial charge < -0.3 is 10.4 Å². The van der Waals surface area contributed by atoms with Crippen LogP contribution in [0.5, 0.6) is 5.75 Å². The zero-order valence-electron chi connectivity index (χ0n) is 11.2. The lowest BCUT2D eigenvalue weighted by Crippen LogP contribution is -2.49. The highest BCUT2D eigenvalue weighted by molar-refractivity contribution is 5.85. The van der Waals surface area contributed by atoms with Crippen molar-refractivity contribution in [3.05, 3.63) is 29.3 Å². The Labute approximate surface area is 136 Å². The molecule has 128 valence electrons. The highest BCUT2D eigenvalue weighted by atomic mass is 35.5. The molecule has 1 atom stereocenters. The fourth-order valence-corrected chi connectivity index (χ4v) is 2.34. The maximum Gasteiger partial charge on any atom is 0.408 e. The lowest BCUT2D eigenvalue weighted by Gasteiger charge is -2.36. The van der Waals surface area contributed by atoms with E-state index in [9.17, 15) is 27.1 Å². The summed E-state index contributed by atoms with van der Waals surface area (Å²) in [6.07, 6.45) is -4.77. The van der Waals surface area contributed by atoms with Crippen molar-refractivity contribution in [1.82, 2.24) is 10.2 Å². The average molecular weight is 369 g/mol. The first-order chi connectivity index (χ1) is 9.30. The highest BCUT2D eigenvalue weighted by Crippen LogP contribution is 2.42. The minimum absolute atomic E-state index is 0. The molecule has 1 saturated heterocycles. The minimum atomic E-state index is -4.77. The van der Waals surface area contributed by atoms with Gasteiger partial charge in [0.05, 0.1) is 5.56 Å². The van der Waals surface area contributed by atoms with E-state index in [1.807, 2.05) is 0 Å². The Morgan fingerprint density at radius 3 is 2.09 bits per heavy atom. The molecular formula is C12H15Cl2F5N2O. The van der Waals surface area contributed by atoms with E-state index < -0.39 is 35.2 Å². The number of halogens is 7. The number of aromatic hydroxyl groups is 1. The van der Waals surface area contributed by atoms with Crippen molar-refractivity contribution >= 4 is 24.8 Å². The van der Waals surface area contributed by atoms with E-state index in [0.717, 1.165) is 4.90 Å². The number of phenols is 1. The van der Waals surface area contributed by atoms with Crippen LogP contribution in [-0.4, -0.2) is 42.4 Å². The van der Waals surface area contributed by atoms with Crippen LogP contribution >= 0.6 is 24.8 Å². The number of phenolic OH excluding ortho intramolecular Hbond substituents is 1. The third kappa shape index (κ3) is 4.58. The number of nitrogens with zero attached hydrogens (tertiary/aromatic N) is 1. The molecule has 0 aliphatic carbocycles. The van der Waals surface area contributed by atoms with Crippen LogP contribution in [0.4, 0.5) is 22.0 Å². The summed E-state index contributed by atoms with van der Waals surface area (Å²) in [6, 6.07) is -1.46. The molecule has 1 heterocycles. The van der Waals surface area contributed by atoms with Gasteiger partial charge in [0.15, 0.2) is 0 Å². The molecule has 0 bridgehead atoms. The van der Waals surface area contributed by atoms with E-state index in [1.54, 1.807) is 0 Å². The first-order valence-corrected chi connectivity index (χ1v) is 6.00. The van der Waals surface area contributed by atoms with Crippen molar-refractivity contribution < 1.29 is 27.1 Å². The molecule has 0 unspecified atom stereocenters. The Bertz CT molecular complexity index is 472. The number of rotatable bonds is 2. The topological polar surface area (TPSA) is 35.5 Å². The van der Waals surface area contributed by atoms with Crippen LogP contribution in [0.2, 0.25) is 0 Å². The monoisotopic (exact) mass is 368 g/mol. The standard InChI is InChI=1S/C12H13F5N2O.2ClH/c13-7-5-8(14)10(9(20)6-7)11(12(15,16)17)19-3-1-18-2-4-19;;/h5-6,11,18,20H,1-4H2;2*1H/t11-;;/m0../s1. The number of benzene rings is 1. The Morgan fingerprint density at radius 2 is 1.64 bits per heavy atom. The Hall–Kier alpha value is -0.830. The lowest BCUT2D eigenvalue weighted by atomic mass is 10.0. The summed E-state index contributed by atoms with van der Waals surface area (Å²) in [5, 5.41) is 12.4. The van der Waals surface area contributed by atoms with Crippen LogP contribution in [0.3, 0.4) is 0 Å². The first-order valence-electron chi connectivity index (χ1n) is 6.00. The third-order valence-corrected chi connectivity index (χ3v) is 3.17. The second kappa shape index (κ2) is 8.14. The number of hydrogen-bond acceptors (Lipinski definition) is 3. The van der Waals surface area contributed by atoms with Gasteiger partial charge in [-0.1, -0.05) is 0 Å². The molecule has 0 radical (unpaired) electrons. The molecule has 0 aromatic heterocycles. The molecule has 0 amide bonds. The second-order valence-corrected chi connectivity index (χ2v) is 4.55. The smallest absolute Gasteiger partial charge is 0.408 e. The average Bonchev–Trinajstić information content (AvgIpc) is 2.33. The predicted octanol–water partition coefficient (Wildman–Crippen LogP) is 3.02. The summed E-state index contributed by atoms with van der Waals surface area (Å²) in [5.41, 5.74) is -0.930. The van der Waals surface area contributed by atoms with Crippen molar-refractivity contribution in [1.29, 1.82) is 0 Å². The summed E-state index contributed by atoms with van der Waals surface area (Å²) < 4.78 is 66.3. The van der Waals surface area contributed by atoms with Crippen LogP contribution in [0.25, 0.3) is 0 Å². The zero-order valence-corrected chi connectivity index (χ0v) is 12.8. The Morgan fingerprint density at radius 1 is 1.09 bits per heavy atom. The maximum absolute atomic E-state index is 13.7. The summed E-state index contributed by atoms with van der Waals surface area (Å²) in [5.74, 6) is -3.54. The van der Waals surface area contributed by atoms with Crippen molar-refractivity contribution in [2.24, 2.45) is 0 Å². The van der Waals surface area contributed by atoms with Gasteiger partial charge in [0.1, 0.15) is 23.4 Å². The van der Waals surface area contributed by atoms with Gasteiger partial charge >= 0.3 is 6.18 Å². The van der Waals surface area contributed by atoms with Crippen molar-refractivity contribution in [3.8, 4) is 5.75 Å². The lowest BCUT2D eigenvalue weighted by molar-refractivity contribution is -0.189. The minimum Gasteiger partial charge on any atom is -0.507 e. The van der Waals surface area contributed by atoms with Crippen LogP contribution < -0.4 is 5.32 Å². The molecule has 0 saturated carbocycles. The molecular weight excluding hydrogens is 354 g/mol. The quantitative estimate of drug-likeness (QED) is 0.787. The predicted molar refractivity (Wildman–Crippen MR) is 75.8 cm³/mol. The Balaban J connectivity index is 0.00000220. The van der Waals surface area contributed by atoms with Crippen LogP contribution in [0, 0.1) is 11.6 Å². The van der Waals surface area contributed by atoms with Crippen LogP contribution in [0.15, 0.2) is 12.1 Å². The molecule has 22 heavy (non-hydrogen) atoms. The molecule has 1 aromatic rings. The van der Waals surface area contributed by atoms with Gasteiger partial charge in [-0.05, 0) is 0 Å². The van der Waals surface area contributed by atoms with E-state index in [2.05, 4.69) is 5.32 Å². The summed E-state index contributed by atoms with van der Waals surface area (Å²) in [4.78, 5) is 1.02. The summed E-state index contributed by atoms with van der Waals surface area (Å²) >= 11 is 0. The third-order valence-electron chi connectivity index (χ3n) is 3.17. The van der Waals surface area contributed by atoms with Gasteiger partial charge in [0, 0.05) is 38.3 Å². The number of alkyl halides is 3. The number of nitrogens with one attached hydrogen (secondary N) is 1.